The van der Waals surface area contributed by atoms with Crippen LogP contribution in [0, 0.1) is 12.8 Å². The van der Waals surface area contributed by atoms with Crippen LogP contribution < -0.4 is 0 Å². The zero-order chi connectivity index (χ0) is 18.8. The van der Waals surface area contributed by atoms with Crippen LogP contribution in [0.1, 0.15) is 43.4 Å². The molecule has 1 unspecified atom stereocenters. The molecule has 0 aromatic carbocycles. The number of aromatic nitrogens is 1. The molecule has 4 rings (SSSR count). The van der Waals surface area contributed by atoms with E-state index in [0.29, 0.717) is 0 Å². The lowest BCUT2D eigenvalue weighted by molar-refractivity contribution is -0.149. The van der Waals surface area contributed by atoms with E-state index in [4.69, 9.17) is 0 Å². The first-order valence-corrected chi connectivity index (χ1v) is 10.4. The Bertz CT molecular complexity index is 695. The predicted molar refractivity (Wildman–Crippen MR) is 103 cm³/mol. The van der Waals surface area contributed by atoms with E-state index in [0.717, 1.165) is 77.1 Å². The van der Waals surface area contributed by atoms with E-state index in [1.54, 1.807) is 0 Å². The van der Waals surface area contributed by atoms with Crippen molar-refractivity contribution in [2.75, 3.05) is 32.7 Å². The number of rotatable bonds is 4. The molecule has 0 bridgehead atoms. The van der Waals surface area contributed by atoms with Crippen molar-refractivity contribution in [2.45, 2.75) is 51.6 Å². The molecule has 0 radical (unpaired) electrons. The van der Waals surface area contributed by atoms with Crippen LogP contribution in [-0.4, -0.2) is 70.3 Å². The van der Waals surface area contributed by atoms with Gasteiger partial charge >= 0.3 is 0 Å². The molecule has 3 heterocycles. The smallest absolute Gasteiger partial charge is 0.245 e. The standard InChI is InChI=1S/C21H30N4O2/c1-16-5-4-9-22-18(16)15-23-11-13-24(14-12-23)21(27)19-6-2-3-10-25(19)20(26)17-7-8-17/h4-5,9,17,19H,2-3,6-8,10-15H2,1H3. The average molecular weight is 370 g/mol. The van der Waals surface area contributed by atoms with Crippen molar-refractivity contribution in [3.63, 3.8) is 0 Å². The molecule has 1 aromatic rings. The Balaban J connectivity index is 1.33. The van der Waals surface area contributed by atoms with Gasteiger partial charge in [0, 0.05) is 51.4 Å². The fourth-order valence-electron chi connectivity index (χ4n) is 4.25. The molecule has 0 spiro atoms. The van der Waals surface area contributed by atoms with Crippen molar-refractivity contribution in [3.8, 4) is 0 Å². The number of pyridine rings is 1. The van der Waals surface area contributed by atoms with E-state index < -0.39 is 0 Å². The number of carbonyl (C=O) groups is 2. The Morgan fingerprint density at radius 3 is 2.52 bits per heavy atom. The van der Waals surface area contributed by atoms with Crippen molar-refractivity contribution >= 4 is 11.8 Å². The number of likely N-dealkylation sites (tertiary alicyclic amines) is 1. The van der Waals surface area contributed by atoms with Crippen LogP contribution >= 0.6 is 0 Å². The number of nitrogens with zero attached hydrogens (tertiary/aromatic N) is 4. The summed E-state index contributed by atoms with van der Waals surface area (Å²) in [5.74, 6) is 0.575. The number of carbonyl (C=O) groups excluding carboxylic acids is 2. The minimum absolute atomic E-state index is 0.164. The van der Waals surface area contributed by atoms with Crippen molar-refractivity contribution in [1.82, 2.24) is 19.7 Å². The third kappa shape index (κ3) is 4.15. The maximum Gasteiger partial charge on any atom is 0.245 e. The molecule has 3 fully saturated rings. The number of amides is 2. The molecule has 1 saturated carbocycles. The maximum atomic E-state index is 13.1. The summed E-state index contributed by atoms with van der Waals surface area (Å²) in [5.41, 5.74) is 2.33. The summed E-state index contributed by atoms with van der Waals surface area (Å²) < 4.78 is 0. The highest BCUT2D eigenvalue weighted by Gasteiger charge is 2.41. The lowest BCUT2D eigenvalue weighted by Crippen LogP contribution is -2.57. The highest BCUT2D eigenvalue weighted by atomic mass is 16.2. The van der Waals surface area contributed by atoms with Crippen LogP contribution in [0.25, 0.3) is 0 Å². The van der Waals surface area contributed by atoms with Gasteiger partial charge in [-0.3, -0.25) is 19.5 Å². The van der Waals surface area contributed by atoms with Gasteiger partial charge in [0.1, 0.15) is 6.04 Å². The van der Waals surface area contributed by atoms with E-state index >= 15 is 0 Å². The van der Waals surface area contributed by atoms with Gasteiger partial charge in [-0.2, -0.15) is 0 Å². The van der Waals surface area contributed by atoms with Crippen molar-refractivity contribution in [1.29, 1.82) is 0 Å². The Hall–Kier alpha value is -1.95. The van der Waals surface area contributed by atoms with Crippen LogP contribution in [0.4, 0.5) is 0 Å². The van der Waals surface area contributed by atoms with E-state index in [2.05, 4.69) is 22.9 Å². The summed E-state index contributed by atoms with van der Waals surface area (Å²) in [7, 11) is 0. The average Bonchev–Trinajstić information content (AvgIpc) is 3.55. The molecule has 2 aliphatic heterocycles. The third-order valence-corrected chi connectivity index (χ3v) is 6.17. The Morgan fingerprint density at radius 1 is 1.04 bits per heavy atom. The zero-order valence-electron chi connectivity index (χ0n) is 16.3. The fourth-order valence-corrected chi connectivity index (χ4v) is 4.25. The minimum atomic E-state index is -0.226. The second kappa shape index (κ2) is 7.97. The summed E-state index contributed by atoms with van der Waals surface area (Å²) in [4.78, 5) is 36.4. The van der Waals surface area contributed by atoms with Crippen molar-refractivity contribution < 1.29 is 9.59 Å². The van der Waals surface area contributed by atoms with Crippen molar-refractivity contribution in [2.24, 2.45) is 5.92 Å². The van der Waals surface area contributed by atoms with Crippen LogP contribution in [0.15, 0.2) is 18.3 Å². The van der Waals surface area contributed by atoms with Gasteiger partial charge in [0.05, 0.1) is 5.69 Å². The lowest BCUT2D eigenvalue weighted by Gasteiger charge is -2.41. The topological polar surface area (TPSA) is 56.8 Å². The van der Waals surface area contributed by atoms with Crippen molar-refractivity contribution in [3.05, 3.63) is 29.6 Å². The van der Waals surface area contributed by atoms with Gasteiger partial charge in [-0.15, -0.1) is 0 Å². The molecule has 1 aliphatic carbocycles. The van der Waals surface area contributed by atoms with Gasteiger partial charge in [-0.05, 0) is 50.7 Å². The molecule has 0 N–H and O–H groups in total. The molecular formula is C21H30N4O2. The highest BCUT2D eigenvalue weighted by Crippen LogP contribution is 2.33. The van der Waals surface area contributed by atoms with E-state index in [9.17, 15) is 9.59 Å². The van der Waals surface area contributed by atoms with Crippen LogP contribution in [0.3, 0.4) is 0 Å². The zero-order valence-corrected chi connectivity index (χ0v) is 16.3. The number of piperidine rings is 1. The van der Waals surface area contributed by atoms with Gasteiger partial charge in [-0.1, -0.05) is 6.07 Å². The molecule has 146 valence electrons. The first kappa shape index (κ1) is 18.4. The molecule has 2 saturated heterocycles. The van der Waals surface area contributed by atoms with Gasteiger partial charge in [0.25, 0.3) is 0 Å². The molecule has 6 heteroatoms. The van der Waals surface area contributed by atoms with Crippen LogP contribution in [0.5, 0.6) is 0 Å². The van der Waals surface area contributed by atoms with Gasteiger partial charge in [0.15, 0.2) is 0 Å². The third-order valence-electron chi connectivity index (χ3n) is 6.17. The monoisotopic (exact) mass is 370 g/mol. The van der Waals surface area contributed by atoms with E-state index in [-0.39, 0.29) is 23.8 Å². The molecule has 2 amide bonds. The van der Waals surface area contributed by atoms with E-state index in [1.807, 2.05) is 22.1 Å². The fraction of sp³-hybridized carbons (Fsp3) is 0.667. The quantitative estimate of drug-likeness (QED) is 0.811. The summed E-state index contributed by atoms with van der Waals surface area (Å²) >= 11 is 0. The maximum absolute atomic E-state index is 13.1. The predicted octanol–water partition coefficient (Wildman–Crippen LogP) is 1.83. The van der Waals surface area contributed by atoms with Gasteiger partial charge < -0.3 is 9.80 Å². The van der Waals surface area contributed by atoms with E-state index in [1.165, 1.54) is 5.56 Å². The van der Waals surface area contributed by atoms with Gasteiger partial charge in [0.2, 0.25) is 11.8 Å². The second-order valence-electron chi connectivity index (χ2n) is 8.19. The molecular weight excluding hydrogens is 340 g/mol. The Morgan fingerprint density at radius 2 is 1.81 bits per heavy atom. The normalized spacial score (nSPS) is 24.1. The van der Waals surface area contributed by atoms with Crippen LogP contribution in [-0.2, 0) is 16.1 Å². The number of aryl methyl sites for hydroxylation is 1. The summed E-state index contributed by atoms with van der Waals surface area (Å²) in [6.45, 7) is 6.90. The number of piperazine rings is 1. The summed E-state index contributed by atoms with van der Waals surface area (Å²) in [6, 6.07) is 3.83. The summed E-state index contributed by atoms with van der Waals surface area (Å²) in [5, 5.41) is 0. The first-order chi connectivity index (χ1) is 13.1. The number of hydrogen-bond donors (Lipinski definition) is 0. The number of hydrogen-bond acceptors (Lipinski definition) is 4. The Kier molecular flexibility index (Phi) is 5.43. The summed E-state index contributed by atoms with van der Waals surface area (Å²) in [6.07, 6.45) is 6.74. The molecule has 27 heavy (non-hydrogen) atoms. The van der Waals surface area contributed by atoms with Gasteiger partial charge in [-0.25, -0.2) is 0 Å². The highest BCUT2D eigenvalue weighted by molar-refractivity contribution is 5.89. The molecule has 6 nitrogen and oxygen atoms in total. The largest absolute Gasteiger partial charge is 0.338 e. The Labute approximate surface area is 161 Å². The minimum Gasteiger partial charge on any atom is -0.338 e. The second-order valence-corrected chi connectivity index (χ2v) is 8.19. The first-order valence-electron chi connectivity index (χ1n) is 10.4. The molecule has 3 aliphatic rings. The van der Waals surface area contributed by atoms with Crippen LogP contribution in [0.2, 0.25) is 0 Å². The SMILES string of the molecule is Cc1cccnc1CN1CCN(C(=O)C2CCCCN2C(=O)C2CC2)CC1. The molecule has 1 aromatic heterocycles. The lowest BCUT2D eigenvalue weighted by atomic mass is 9.99. The molecule has 1 atom stereocenters.